The topological polar surface area (TPSA) is 38.3 Å². The second-order valence-electron chi connectivity index (χ2n) is 5.74. The second-order valence-corrected chi connectivity index (χ2v) is 5.74. The van der Waals surface area contributed by atoms with Crippen molar-refractivity contribution in [3.05, 3.63) is 59.3 Å². The molecule has 1 aliphatic rings. The Hall–Kier alpha value is -2.29. The van der Waals surface area contributed by atoms with Crippen LogP contribution in [0.5, 0.6) is 0 Å². The molecule has 2 aromatic carbocycles. The van der Waals surface area contributed by atoms with Gasteiger partial charge < -0.3 is 10.1 Å². The number of hydrogen-bond donors (Lipinski definition) is 1. The Labute approximate surface area is 131 Å². The molecule has 3 heteroatoms. The number of hydrogen-bond acceptors (Lipinski definition) is 3. The molecular formula is C19H21NO2. The van der Waals surface area contributed by atoms with Gasteiger partial charge >= 0.3 is 5.97 Å². The third-order valence-corrected chi connectivity index (χ3v) is 4.33. The average molecular weight is 295 g/mol. The number of fused-ring (bicyclic) bond motifs is 1. The predicted molar refractivity (Wildman–Crippen MR) is 88.4 cm³/mol. The molecule has 3 rings (SSSR count). The largest absolute Gasteiger partial charge is 0.466 e. The molecule has 1 N–H and O–H groups in total. The summed E-state index contributed by atoms with van der Waals surface area (Å²) in [6, 6.07) is 14.9. The maximum absolute atomic E-state index is 11.8. The molecule has 1 aliphatic carbocycles. The molecule has 0 radical (unpaired) electrons. The molecule has 0 aromatic heterocycles. The number of ether oxygens (including phenoxy) is 1. The number of methoxy groups -OCH3 is 1. The number of esters is 1. The molecule has 114 valence electrons. The predicted octanol–water partition coefficient (Wildman–Crippen LogP) is 4.10. The van der Waals surface area contributed by atoms with Crippen LogP contribution in [-0.2, 0) is 9.53 Å². The van der Waals surface area contributed by atoms with Gasteiger partial charge in [-0.3, -0.25) is 0 Å². The summed E-state index contributed by atoms with van der Waals surface area (Å²) in [4.78, 5) is 11.8. The third-order valence-electron chi connectivity index (χ3n) is 4.33. The van der Waals surface area contributed by atoms with E-state index in [4.69, 9.17) is 4.74 Å². The Morgan fingerprint density at radius 3 is 2.73 bits per heavy atom. The highest BCUT2D eigenvalue weighted by Crippen LogP contribution is 2.29. The van der Waals surface area contributed by atoms with Crippen molar-refractivity contribution >= 4 is 16.7 Å². The summed E-state index contributed by atoms with van der Waals surface area (Å²) in [5.41, 5.74) is 3.09. The van der Waals surface area contributed by atoms with E-state index in [2.05, 4.69) is 54.7 Å². The van der Waals surface area contributed by atoms with E-state index >= 15 is 0 Å². The summed E-state index contributed by atoms with van der Waals surface area (Å²) < 4.78 is 4.89. The highest BCUT2D eigenvalue weighted by Gasteiger charge is 2.23. The zero-order chi connectivity index (χ0) is 15.5. The Bertz CT molecular complexity index is 728. The number of carbonyl (C=O) groups excluding carboxylic acids is 1. The fraction of sp³-hybridized carbons (Fsp3) is 0.316. The van der Waals surface area contributed by atoms with Gasteiger partial charge in [0.2, 0.25) is 0 Å². The zero-order valence-corrected chi connectivity index (χ0v) is 13.1. The molecule has 3 nitrogen and oxygen atoms in total. The van der Waals surface area contributed by atoms with Gasteiger partial charge in [0.05, 0.1) is 12.7 Å². The van der Waals surface area contributed by atoms with Crippen LogP contribution in [0.3, 0.4) is 0 Å². The summed E-state index contributed by atoms with van der Waals surface area (Å²) in [7, 11) is 1.44. The molecule has 0 saturated carbocycles. The van der Waals surface area contributed by atoms with Crippen molar-refractivity contribution in [2.24, 2.45) is 0 Å². The van der Waals surface area contributed by atoms with Gasteiger partial charge in [-0.15, -0.1) is 0 Å². The van der Waals surface area contributed by atoms with Gasteiger partial charge in [0.15, 0.2) is 0 Å². The maximum atomic E-state index is 11.8. The van der Waals surface area contributed by atoms with Gasteiger partial charge in [-0.25, -0.2) is 4.79 Å². The van der Waals surface area contributed by atoms with Crippen LogP contribution in [0.2, 0.25) is 0 Å². The minimum Gasteiger partial charge on any atom is -0.466 e. The van der Waals surface area contributed by atoms with Crippen LogP contribution >= 0.6 is 0 Å². The standard InChI is InChI=1S/C19H21NO2/c1-13(20-18-12-6-11-17(18)19(21)22-2)15-10-5-8-14-7-3-4-9-16(14)15/h3-5,7-10,13,20H,6,11-12H2,1-2H3/t13-/m0/s1. The first-order valence-corrected chi connectivity index (χ1v) is 7.75. The SMILES string of the molecule is COC(=O)C1=C(N[C@@H](C)c2cccc3ccccc23)CCC1. The van der Waals surface area contributed by atoms with Gasteiger partial charge in [-0.05, 0) is 42.5 Å². The lowest BCUT2D eigenvalue weighted by molar-refractivity contribution is -0.136. The maximum Gasteiger partial charge on any atom is 0.335 e. The van der Waals surface area contributed by atoms with Crippen LogP contribution in [0.1, 0.15) is 37.8 Å². The minimum absolute atomic E-state index is 0.152. The quantitative estimate of drug-likeness (QED) is 0.863. The van der Waals surface area contributed by atoms with Crippen LogP contribution in [0.4, 0.5) is 0 Å². The highest BCUT2D eigenvalue weighted by atomic mass is 16.5. The smallest absolute Gasteiger partial charge is 0.335 e. The van der Waals surface area contributed by atoms with Crippen LogP contribution < -0.4 is 5.32 Å². The van der Waals surface area contributed by atoms with Crippen molar-refractivity contribution in [2.45, 2.75) is 32.2 Å². The Morgan fingerprint density at radius 2 is 1.91 bits per heavy atom. The van der Waals surface area contributed by atoms with E-state index < -0.39 is 0 Å². The summed E-state index contributed by atoms with van der Waals surface area (Å²) in [6.45, 7) is 2.14. The molecule has 0 fully saturated rings. The zero-order valence-electron chi connectivity index (χ0n) is 13.1. The number of nitrogens with one attached hydrogen (secondary N) is 1. The molecule has 1 atom stereocenters. The Kier molecular flexibility index (Phi) is 4.14. The van der Waals surface area contributed by atoms with Gasteiger partial charge in [-0.1, -0.05) is 42.5 Å². The van der Waals surface area contributed by atoms with E-state index in [1.807, 2.05) is 0 Å². The molecule has 0 amide bonds. The van der Waals surface area contributed by atoms with E-state index in [0.29, 0.717) is 0 Å². The Balaban J connectivity index is 1.90. The molecule has 0 bridgehead atoms. The van der Waals surface area contributed by atoms with E-state index in [9.17, 15) is 4.79 Å². The molecule has 2 aromatic rings. The number of benzene rings is 2. The number of carbonyl (C=O) groups is 1. The first-order valence-electron chi connectivity index (χ1n) is 7.75. The molecule has 0 unspecified atom stereocenters. The van der Waals surface area contributed by atoms with Crippen molar-refractivity contribution in [1.29, 1.82) is 0 Å². The first kappa shape index (κ1) is 14.6. The van der Waals surface area contributed by atoms with Crippen LogP contribution in [0.15, 0.2) is 53.7 Å². The summed E-state index contributed by atoms with van der Waals surface area (Å²) >= 11 is 0. The fourth-order valence-electron chi connectivity index (χ4n) is 3.22. The average Bonchev–Trinajstić information content (AvgIpc) is 3.01. The van der Waals surface area contributed by atoms with Gasteiger partial charge in [0.25, 0.3) is 0 Å². The van der Waals surface area contributed by atoms with E-state index in [1.54, 1.807) is 0 Å². The minimum atomic E-state index is -0.204. The lowest BCUT2D eigenvalue weighted by Gasteiger charge is -2.19. The monoisotopic (exact) mass is 295 g/mol. The highest BCUT2D eigenvalue weighted by molar-refractivity contribution is 5.90. The molecule has 0 saturated heterocycles. The van der Waals surface area contributed by atoms with E-state index in [0.717, 1.165) is 30.5 Å². The van der Waals surface area contributed by atoms with Crippen molar-refractivity contribution in [1.82, 2.24) is 5.32 Å². The van der Waals surface area contributed by atoms with Crippen LogP contribution in [0.25, 0.3) is 10.8 Å². The van der Waals surface area contributed by atoms with Crippen molar-refractivity contribution in [3.8, 4) is 0 Å². The summed E-state index contributed by atoms with van der Waals surface area (Å²) in [5.74, 6) is -0.204. The first-order chi connectivity index (χ1) is 10.7. The lowest BCUT2D eigenvalue weighted by atomic mass is 9.99. The van der Waals surface area contributed by atoms with Gasteiger partial charge in [-0.2, -0.15) is 0 Å². The molecule has 0 heterocycles. The van der Waals surface area contributed by atoms with Gasteiger partial charge in [0.1, 0.15) is 0 Å². The summed E-state index contributed by atoms with van der Waals surface area (Å²) in [5, 5.41) is 6.02. The summed E-state index contributed by atoms with van der Waals surface area (Å²) in [6.07, 6.45) is 2.73. The van der Waals surface area contributed by atoms with Crippen molar-refractivity contribution in [2.75, 3.05) is 7.11 Å². The van der Waals surface area contributed by atoms with Gasteiger partial charge in [0, 0.05) is 11.7 Å². The number of rotatable bonds is 4. The molecule has 22 heavy (non-hydrogen) atoms. The number of allylic oxidation sites excluding steroid dienone is 1. The normalized spacial score (nSPS) is 15.9. The molecule has 0 spiro atoms. The lowest BCUT2D eigenvalue weighted by Crippen LogP contribution is -2.20. The van der Waals surface area contributed by atoms with Crippen molar-refractivity contribution < 1.29 is 9.53 Å². The Morgan fingerprint density at radius 1 is 1.14 bits per heavy atom. The van der Waals surface area contributed by atoms with Crippen LogP contribution in [-0.4, -0.2) is 13.1 Å². The molecular weight excluding hydrogens is 274 g/mol. The van der Waals surface area contributed by atoms with Crippen molar-refractivity contribution in [3.63, 3.8) is 0 Å². The molecule has 0 aliphatic heterocycles. The fourth-order valence-corrected chi connectivity index (χ4v) is 3.22. The van der Waals surface area contributed by atoms with E-state index in [-0.39, 0.29) is 12.0 Å². The van der Waals surface area contributed by atoms with E-state index in [1.165, 1.54) is 23.4 Å². The second kappa shape index (κ2) is 6.22. The third kappa shape index (κ3) is 2.71. The van der Waals surface area contributed by atoms with Crippen LogP contribution in [0, 0.1) is 0 Å².